The summed E-state index contributed by atoms with van der Waals surface area (Å²) in [4.78, 5) is 31.9. The van der Waals surface area contributed by atoms with Crippen molar-refractivity contribution in [3.63, 3.8) is 0 Å². The first kappa shape index (κ1) is 25.0. The topological polar surface area (TPSA) is 102 Å². The van der Waals surface area contributed by atoms with Crippen LogP contribution in [0.3, 0.4) is 0 Å². The number of H-pyrrole nitrogens is 1. The molecule has 1 aromatic heterocycles. The van der Waals surface area contributed by atoms with Gasteiger partial charge in [0.2, 0.25) is 0 Å². The molecule has 0 bridgehead atoms. The fourth-order valence-electron chi connectivity index (χ4n) is 4.47. The summed E-state index contributed by atoms with van der Waals surface area (Å²) in [6.45, 7) is 2.62. The van der Waals surface area contributed by atoms with E-state index in [1.165, 1.54) is 17.5 Å². The number of aromatic amines is 1. The number of amides is 3. The number of aromatic nitrogens is 2. The summed E-state index contributed by atoms with van der Waals surface area (Å²) in [6.07, 6.45) is 4.89. The molecule has 1 aliphatic rings. The van der Waals surface area contributed by atoms with Crippen LogP contribution in [0.2, 0.25) is 0 Å². The van der Waals surface area contributed by atoms with Crippen LogP contribution in [0.25, 0.3) is 0 Å². The number of carbonyl (C=O) groups is 2. The van der Waals surface area contributed by atoms with Crippen molar-refractivity contribution in [1.82, 2.24) is 25.6 Å². The molecule has 1 aliphatic heterocycles. The second-order valence-electron chi connectivity index (χ2n) is 8.57. The van der Waals surface area contributed by atoms with E-state index in [0.717, 1.165) is 23.8 Å². The third-order valence-electron chi connectivity index (χ3n) is 6.20. The van der Waals surface area contributed by atoms with Gasteiger partial charge in [-0.25, -0.2) is 23.6 Å². The van der Waals surface area contributed by atoms with Crippen molar-refractivity contribution < 1.29 is 18.4 Å². The largest absolute Gasteiger partial charge is 0.351 e. The molecular formula is C26H28F2N6O2. The molecule has 36 heavy (non-hydrogen) atoms. The SMILES string of the molecule is CCNC(=O)N1N=C(c2cc(F)ccc2F)CC1(CCCCNC(=O)c1cnc[nH]1)c1ccccc1. The molecule has 8 nitrogen and oxygen atoms in total. The van der Waals surface area contributed by atoms with Crippen LogP contribution in [0.1, 0.15) is 54.2 Å². The highest BCUT2D eigenvalue weighted by molar-refractivity contribution is 6.04. The van der Waals surface area contributed by atoms with Crippen molar-refractivity contribution in [2.45, 2.75) is 38.1 Å². The predicted molar refractivity (Wildman–Crippen MR) is 131 cm³/mol. The Labute approximate surface area is 207 Å². The van der Waals surface area contributed by atoms with Crippen LogP contribution in [-0.2, 0) is 5.54 Å². The van der Waals surface area contributed by atoms with Crippen LogP contribution in [0.5, 0.6) is 0 Å². The van der Waals surface area contributed by atoms with E-state index in [1.807, 2.05) is 30.3 Å². The molecule has 0 radical (unpaired) electrons. The number of hydrogen-bond acceptors (Lipinski definition) is 4. The van der Waals surface area contributed by atoms with Crippen LogP contribution in [0, 0.1) is 11.6 Å². The average Bonchev–Trinajstić information content (AvgIpc) is 3.55. The molecule has 2 aromatic carbocycles. The third kappa shape index (κ3) is 5.27. The predicted octanol–water partition coefficient (Wildman–Crippen LogP) is 4.32. The maximum absolute atomic E-state index is 14.7. The van der Waals surface area contributed by atoms with E-state index in [0.29, 0.717) is 43.8 Å². The number of hydrazone groups is 1. The Balaban J connectivity index is 1.58. The van der Waals surface area contributed by atoms with Crippen LogP contribution in [0.15, 0.2) is 66.2 Å². The lowest BCUT2D eigenvalue weighted by atomic mass is 9.80. The van der Waals surface area contributed by atoms with Crippen molar-refractivity contribution in [2.75, 3.05) is 13.1 Å². The highest BCUT2D eigenvalue weighted by Crippen LogP contribution is 2.43. The van der Waals surface area contributed by atoms with E-state index in [9.17, 15) is 18.4 Å². The Hall–Kier alpha value is -4.08. The molecule has 4 rings (SSSR count). The number of halogens is 2. The number of urea groups is 1. The first-order valence-electron chi connectivity index (χ1n) is 11.9. The van der Waals surface area contributed by atoms with Crippen molar-refractivity contribution in [2.24, 2.45) is 5.10 Å². The van der Waals surface area contributed by atoms with E-state index in [-0.39, 0.29) is 17.9 Å². The minimum atomic E-state index is -0.901. The van der Waals surface area contributed by atoms with E-state index in [1.54, 1.807) is 6.92 Å². The fourth-order valence-corrected chi connectivity index (χ4v) is 4.47. The summed E-state index contributed by atoms with van der Waals surface area (Å²) in [6, 6.07) is 12.3. The van der Waals surface area contributed by atoms with Gasteiger partial charge in [-0.15, -0.1) is 0 Å². The Morgan fingerprint density at radius 3 is 2.64 bits per heavy atom. The Kier molecular flexibility index (Phi) is 7.72. The summed E-state index contributed by atoms with van der Waals surface area (Å²) in [7, 11) is 0. The number of rotatable bonds is 9. The van der Waals surface area contributed by atoms with Gasteiger partial charge in [0, 0.05) is 25.1 Å². The van der Waals surface area contributed by atoms with Crippen LogP contribution in [-0.4, -0.2) is 45.7 Å². The van der Waals surface area contributed by atoms with Crippen molar-refractivity contribution in [3.8, 4) is 0 Å². The van der Waals surface area contributed by atoms with Crippen LogP contribution >= 0.6 is 0 Å². The standard InChI is InChI=1S/C26H28F2N6O2/c1-2-30-25(36)34-26(18-8-4-3-5-9-18,12-6-7-13-31-24(35)23-16-29-17-32-23)15-22(33-34)20-14-19(27)10-11-21(20)28/h3-5,8-11,14,16-17H,2,6-7,12-13,15H2,1H3,(H,29,32)(H,30,36)(H,31,35). The molecule has 10 heteroatoms. The minimum Gasteiger partial charge on any atom is -0.351 e. The molecule has 188 valence electrons. The number of nitrogens with one attached hydrogen (secondary N) is 3. The van der Waals surface area contributed by atoms with Gasteiger partial charge in [-0.3, -0.25) is 4.79 Å². The maximum Gasteiger partial charge on any atom is 0.338 e. The van der Waals surface area contributed by atoms with Gasteiger partial charge in [0.15, 0.2) is 0 Å². The van der Waals surface area contributed by atoms with Gasteiger partial charge in [0.05, 0.1) is 23.8 Å². The third-order valence-corrected chi connectivity index (χ3v) is 6.20. The highest BCUT2D eigenvalue weighted by Gasteiger charge is 2.47. The van der Waals surface area contributed by atoms with E-state index in [4.69, 9.17) is 0 Å². The van der Waals surface area contributed by atoms with E-state index in [2.05, 4.69) is 25.7 Å². The monoisotopic (exact) mass is 494 g/mol. The average molecular weight is 495 g/mol. The highest BCUT2D eigenvalue weighted by atomic mass is 19.1. The molecule has 2 heterocycles. The van der Waals surface area contributed by atoms with Gasteiger partial charge in [-0.1, -0.05) is 30.3 Å². The molecule has 3 amide bonds. The molecule has 0 fully saturated rings. The Morgan fingerprint density at radius 2 is 1.92 bits per heavy atom. The lowest BCUT2D eigenvalue weighted by molar-refractivity contribution is 0.0947. The van der Waals surface area contributed by atoms with Gasteiger partial charge >= 0.3 is 6.03 Å². The molecule has 3 N–H and O–H groups in total. The number of benzene rings is 2. The normalized spacial score (nSPS) is 17.1. The fraction of sp³-hybridized carbons (Fsp3) is 0.308. The number of unbranched alkanes of at least 4 members (excludes halogenated alkanes) is 1. The zero-order chi connectivity index (χ0) is 25.5. The molecule has 0 saturated heterocycles. The molecule has 1 unspecified atom stereocenters. The Bertz CT molecular complexity index is 1230. The second kappa shape index (κ2) is 11.1. The first-order valence-corrected chi connectivity index (χ1v) is 11.9. The molecular weight excluding hydrogens is 466 g/mol. The smallest absolute Gasteiger partial charge is 0.338 e. The zero-order valence-electron chi connectivity index (χ0n) is 19.9. The summed E-state index contributed by atoms with van der Waals surface area (Å²) in [5, 5.41) is 11.5. The van der Waals surface area contributed by atoms with Gasteiger partial charge in [-0.05, 0) is 49.9 Å². The minimum absolute atomic E-state index is 0.0360. The van der Waals surface area contributed by atoms with E-state index >= 15 is 0 Å². The lowest BCUT2D eigenvalue weighted by Gasteiger charge is -2.37. The second-order valence-corrected chi connectivity index (χ2v) is 8.57. The van der Waals surface area contributed by atoms with E-state index < -0.39 is 23.2 Å². The number of carbonyl (C=O) groups excluding carboxylic acids is 2. The van der Waals surface area contributed by atoms with Crippen LogP contribution < -0.4 is 10.6 Å². The maximum atomic E-state index is 14.7. The molecule has 0 aliphatic carbocycles. The summed E-state index contributed by atoms with van der Waals surface area (Å²) in [5.41, 5.74) is 0.656. The van der Waals surface area contributed by atoms with Crippen LogP contribution in [0.4, 0.5) is 13.6 Å². The summed E-state index contributed by atoms with van der Waals surface area (Å²) < 4.78 is 28.7. The summed E-state index contributed by atoms with van der Waals surface area (Å²) in [5.74, 6) is -1.43. The number of imidazole rings is 1. The van der Waals surface area contributed by atoms with Gasteiger partial charge < -0.3 is 15.6 Å². The number of hydrogen-bond donors (Lipinski definition) is 3. The zero-order valence-corrected chi connectivity index (χ0v) is 19.9. The molecule has 1 atom stereocenters. The van der Waals surface area contributed by atoms with Gasteiger partial charge in [-0.2, -0.15) is 5.10 Å². The summed E-state index contributed by atoms with van der Waals surface area (Å²) >= 11 is 0. The molecule has 0 spiro atoms. The van der Waals surface area contributed by atoms with Crippen molar-refractivity contribution in [1.29, 1.82) is 0 Å². The van der Waals surface area contributed by atoms with Crippen molar-refractivity contribution >= 4 is 17.6 Å². The lowest BCUT2D eigenvalue weighted by Crippen LogP contribution is -2.48. The van der Waals surface area contributed by atoms with Gasteiger partial charge in [0.1, 0.15) is 17.3 Å². The first-order chi connectivity index (χ1) is 17.4. The number of nitrogens with zero attached hydrogens (tertiary/aromatic N) is 3. The molecule has 3 aromatic rings. The molecule has 0 saturated carbocycles. The quantitative estimate of drug-likeness (QED) is 0.386. The van der Waals surface area contributed by atoms with Gasteiger partial charge in [0.25, 0.3) is 5.91 Å². The van der Waals surface area contributed by atoms with Crippen molar-refractivity contribution in [3.05, 3.63) is 89.5 Å². The Morgan fingerprint density at radius 1 is 1.11 bits per heavy atom.